The number of para-hydroxylation sites is 3. The lowest BCUT2D eigenvalue weighted by Gasteiger charge is -2.28. The highest BCUT2D eigenvalue weighted by Gasteiger charge is 2.22. The molecule has 26 heavy (non-hydrogen) atoms. The molecule has 1 saturated heterocycles. The highest BCUT2D eigenvalue weighted by Crippen LogP contribution is 2.30. The number of halogens is 1. The van der Waals surface area contributed by atoms with Crippen LogP contribution in [0.15, 0.2) is 54.6 Å². The average molecular weight is 375 g/mol. The first-order chi connectivity index (χ1) is 12.2. The predicted molar refractivity (Wildman–Crippen MR) is 108 cm³/mol. The number of ether oxygens (including phenoxy) is 1. The summed E-state index contributed by atoms with van der Waals surface area (Å²) in [4.78, 5) is 12.5. The number of nitrogens with one attached hydrogen (secondary N) is 2. The van der Waals surface area contributed by atoms with Gasteiger partial charge in [-0.3, -0.25) is 4.79 Å². The molecule has 5 heteroatoms. The Morgan fingerprint density at radius 1 is 1.19 bits per heavy atom. The van der Waals surface area contributed by atoms with E-state index in [1.807, 2.05) is 54.6 Å². The number of piperidine rings is 1. The van der Waals surface area contributed by atoms with Gasteiger partial charge >= 0.3 is 0 Å². The first-order valence-corrected chi connectivity index (χ1v) is 9.05. The van der Waals surface area contributed by atoms with Crippen LogP contribution in [0.2, 0.25) is 0 Å². The van der Waals surface area contributed by atoms with Crippen LogP contribution in [0.4, 0.5) is 5.69 Å². The van der Waals surface area contributed by atoms with Gasteiger partial charge in [-0.1, -0.05) is 37.3 Å². The molecule has 0 saturated carbocycles. The molecule has 2 N–H and O–H groups in total. The number of anilines is 1. The summed E-state index contributed by atoms with van der Waals surface area (Å²) in [6.07, 6.45) is 2.94. The minimum Gasteiger partial charge on any atom is -0.455 e. The quantitative estimate of drug-likeness (QED) is 0.758. The fraction of sp³-hybridized carbons (Fsp3) is 0.381. The second kappa shape index (κ2) is 10.2. The SMILES string of the molecule is CC(CC(=O)Nc1ccccc1Oc1ccccc1)C1CCCNC1.Cl. The van der Waals surface area contributed by atoms with Crippen LogP contribution in [-0.2, 0) is 4.79 Å². The van der Waals surface area contributed by atoms with Gasteiger partial charge in [0.2, 0.25) is 5.91 Å². The summed E-state index contributed by atoms with van der Waals surface area (Å²) in [5, 5.41) is 6.44. The molecule has 2 aromatic carbocycles. The molecule has 140 valence electrons. The van der Waals surface area contributed by atoms with Crippen LogP contribution in [-0.4, -0.2) is 19.0 Å². The Balaban J connectivity index is 0.00000243. The Morgan fingerprint density at radius 3 is 2.65 bits per heavy atom. The molecule has 0 bridgehead atoms. The smallest absolute Gasteiger partial charge is 0.224 e. The summed E-state index contributed by atoms with van der Waals surface area (Å²) in [6.45, 7) is 4.28. The van der Waals surface area contributed by atoms with E-state index in [2.05, 4.69) is 17.6 Å². The van der Waals surface area contributed by atoms with Gasteiger partial charge in [-0.25, -0.2) is 0 Å². The predicted octanol–water partition coefficient (Wildman–Crippen LogP) is 4.87. The van der Waals surface area contributed by atoms with Gasteiger partial charge in [0.1, 0.15) is 5.75 Å². The maximum Gasteiger partial charge on any atom is 0.224 e. The highest BCUT2D eigenvalue weighted by molar-refractivity contribution is 5.92. The van der Waals surface area contributed by atoms with Crippen molar-refractivity contribution >= 4 is 24.0 Å². The summed E-state index contributed by atoms with van der Waals surface area (Å²) in [7, 11) is 0. The van der Waals surface area contributed by atoms with Gasteiger partial charge in [0, 0.05) is 6.42 Å². The fourth-order valence-corrected chi connectivity index (χ4v) is 3.30. The number of hydrogen-bond acceptors (Lipinski definition) is 3. The lowest BCUT2D eigenvalue weighted by molar-refractivity contribution is -0.117. The van der Waals surface area contributed by atoms with Crippen LogP contribution in [0.1, 0.15) is 26.2 Å². The molecule has 3 rings (SSSR count). The summed E-state index contributed by atoms with van der Waals surface area (Å²) < 4.78 is 5.91. The fourth-order valence-electron chi connectivity index (χ4n) is 3.30. The second-order valence-corrected chi connectivity index (χ2v) is 6.75. The summed E-state index contributed by atoms with van der Waals surface area (Å²) in [5.74, 6) is 2.41. The Labute approximate surface area is 161 Å². The third-order valence-electron chi connectivity index (χ3n) is 4.78. The van der Waals surface area contributed by atoms with Crippen LogP contribution >= 0.6 is 12.4 Å². The van der Waals surface area contributed by atoms with E-state index in [0.717, 1.165) is 18.8 Å². The molecular weight excluding hydrogens is 348 g/mol. The third-order valence-corrected chi connectivity index (χ3v) is 4.78. The number of carbonyl (C=O) groups excluding carboxylic acids is 1. The lowest BCUT2D eigenvalue weighted by atomic mass is 9.85. The van der Waals surface area contributed by atoms with E-state index in [0.29, 0.717) is 29.7 Å². The van der Waals surface area contributed by atoms with E-state index < -0.39 is 0 Å². The molecule has 1 aliphatic heterocycles. The molecule has 0 aromatic heterocycles. The van der Waals surface area contributed by atoms with Gasteiger partial charge in [0.25, 0.3) is 0 Å². The Kier molecular flexibility index (Phi) is 7.95. The zero-order valence-corrected chi connectivity index (χ0v) is 15.9. The van der Waals surface area contributed by atoms with Crippen molar-refractivity contribution < 1.29 is 9.53 Å². The normalized spacial score (nSPS) is 17.7. The van der Waals surface area contributed by atoms with E-state index in [4.69, 9.17) is 4.74 Å². The standard InChI is InChI=1S/C21H26N2O2.ClH/c1-16(17-8-7-13-22-15-17)14-21(24)23-19-11-5-6-12-20(19)25-18-9-3-2-4-10-18;/h2-6,9-12,16-17,22H,7-8,13-15H2,1H3,(H,23,24);1H. The molecule has 1 fully saturated rings. The summed E-state index contributed by atoms with van der Waals surface area (Å²) in [6, 6.07) is 17.2. The highest BCUT2D eigenvalue weighted by atomic mass is 35.5. The van der Waals surface area contributed by atoms with Gasteiger partial charge in [-0.2, -0.15) is 0 Å². The number of rotatable bonds is 6. The summed E-state index contributed by atoms with van der Waals surface area (Å²) in [5.41, 5.74) is 0.713. The van der Waals surface area contributed by atoms with Crippen molar-refractivity contribution in [3.05, 3.63) is 54.6 Å². The van der Waals surface area contributed by atoms with Crippen LogP contribution in [0, 0.1) is 11.8 Å². The minimum absolute atomic E-state index is 0. The van der Waals surface area contributed by atoms with E-state index in [1.165, 1.54) is 12.8 Å². The van der Waals surface area contributed by atoms with Crippen molar-refractivity contribution in [1.82, 2.24) is 5.32 Å². The molecule has 2 unspecified atom stereocenters. The first-order valence-electron chi connectivity index (χ1n) is 9.05. The zero-order valence-electron chi connectivity index (χ0n) is 15.1. The van der Waals surface area contributed by atoms with Crippen molar-refractivity contribution in [1.29, 1.82) is 0 Å². The van der Waals surface area contributed by atoms with Crippen molar-refractivity contribution in [2.45, 2.75) is 26.2 Å². The average Bonchev–Trinajstić information content (AvgIpc) is 2.65. The molecular formula is C21H27ClN2O2. The Morgan fingerprint density at radius 2 is 1.92 bits per heavy atom. The van der Waals surface area contributed by atoms with Crippen molar-refractivity contribution in [2.75, 3.05) is 18.4 Å². The van der Waals surface area contributed by atoms with E-state index in [-0.39, 0.29) is 18.3 Å². The molecule has 1 amide bonds. The lowest BCUT2D eigenvalue weighted by Crippen LogP contribution is -2.34. The number of amides is 1. The van der Waals surface area contributed by atoms with Crippen LogP contribution in [0.5, 0.6) is 11.5 Å². The zero-order chi connectivity index (χ0) is 17.5. The first kappa shape index (κ1) is 20.3. The van der Waals surface area contributed by atoms with Gasteiger partial charge in [-0.05, 0) is 62.0 Å². The van der Waals surface area contributed by atoms with Crippen LogP contribution < -0.4 is 15.4 Å². The molecule has 2 atom stereocenters. The Bertz CT molecular complexity index is 687. The molecule has 0 radical (unpaired) electrons. The minimum atomic E-state index is 0. The van der Waals surface area contributed by atoms with E-state index in [9.17, 15) is 4.79 Å². The van der Waals surface area contributed by atoms with Crippen LogP contribution in [0.25, 0.3) is 0 Å². The maximum absolute atomic E-state index is 12.5. The van der Waals surface area contributed by atoms with Crippen molar-refractivity contribution in [3.63, 3.8) is 0 Å². The largest absolute Gasteiger partial charge is 0.455 e. The van der Waals surface area contributed by atoms with Gasteiger partial charge < -0.3 is 15.4 Å². The topological polar surface area (TPSA) is 50.4 Å². The third kappa shape index (κ3) is 5.75. The Hall–Kier alpha value is -2.04. The molecule has 1 heterocycles. The van der Waals surface area contributed by atoms with E-state index >= 15 is 0 Å². The molecule has 2 aromatic rings. The molecule has 0 spiro atoms. The second-order valence-electron chi connectivity index (χ2n) is 6.75. The summed E-state index contributed by atoms with van der Waals surface area (Å²) >= 11 is 0. The molecule has 4 nitrogen and oxygen atoms in total. The van der Waals surface area contributed by atoms with Crippen molar-refractivity contribution in [3.8, 4) is 11.5 Å². The van der Waals surface area contributed by atoms with Gasteiger partial charge in [0.05, 0.1) is 5.69 Å². The van der Waals surface area contributed by atoms with Crippen LogP contribution in [0.3, 0.4) is 0 Å². The van der Waals surface area contributed by atoms with E-state index in [1.54, 1.807) is 0 Å². The van der Waals surface area contributed by atoms with Crippen molar-refractivity contribution in [2.24, 2.45) is 11.8 Å². The number of carbonyl (C=O) groups is 1. The molecule has 1 aliphatic rings. The maximum atomic E-state index is 12.5. The number of benzene rings is 2. The monoisotopic (exact) mass is 374 g/mol. The number of hydrogen-bond donors (Lipinski definition) is 2. The van der Waals surface area contributed by atoms with Gasteiger partial charge in [0.15, 0.2) is 5.75 Å². The molecule has 0 aliphatic carbocycles. The van der Waals surface area contributed by atoms with Gasteiger partial charge in [-0.15, -0.1) is 12.4 Å².